The van der Waals surface area contributed by atoms with Crippen molar-refractivity contribution in [3.63, 3.8) is 0 Å². The Bertz CT molecular complexity index is 777. The second kappa shape index (κ2) is 5.19. The van der Waals surface area contributed by atoms with Crippen molar-refractivity contribution in [1.82, 2.24) is 4.98 Å². The zero-order valence-corrected chi connectivity index (χ0v) is 9.77. The highest BCUT2D eigenvalue weighted by molar-refractivity contribution is 5.92. The second-order valence-electron chi connectivity index (χ2n) is 3.77. The SMILES string of the molecule is O=CCC#Cc1ccc2[nH]cc(C(=O)O)c(=O)c2c1. The zero-order valence-electron chi connectivity index (χ0n) is 9.77. The van der Waals surface area contributed by atoms with Crippen molar-refractivity contribution in [1.29, 1.82) is 0 Å². The van der Waals surface area contributed by atoms with Gasteiger partial charge in [0.15, 0.2) is 0 Å². The van der Waals surface area contributed by atoms with Gasteiger partial charge in [0.25, 0.3) is 0 Å². The van der Waals surface area contributed by atoms with Gasteiger partial charge in [0.2, 0.25) is 5.43 Å². The fraction of sp³-hybridized carbons (Fsp3) is 0.0714. The maximum atomic E-state index is 11.9. The number of carboxylic acid groups (broad SMARTS) is 1. The number of carbonyl (C=O) groups is 2. The van der Waals surface area contributed by atoms with Crippen molar-refractivity contribution < 1.29 is 14.7 Å². The van der Waals surface area contributed by atoms with E-state index < -0.39 is 11.4 Å². The zero-order chi connectivity index (χ0) is 13.8. The van der Waals surface area contributed by atoms with Gasteiger partial charge in [-0.3, -0.25) is 4.79 Å². The van der Waals surface area contributed by atoms with E-state index in [4.69, 9.17) is 5.11 Å². The minimum Gasteiger partial charge on any atom is -0.477 e. The molecule has 0 saturated carbocycles. The number of aldehydes is 1. The number of H-pyrrole nitrogens is 1. The number of fused-ring (bicyclic) bond motifs is 1. The fourth-order valence-electron chi connectivity index (χ4n) is 1.65. The van der Waals surface area contributed by atoms with Crippen LogP contribution in [-0.2, 0) is 4.79 Å². The molecule has 0 amide bonds. The van der Waals surface area contributed by atoms with E-state index >= 15 is 0 Å². The molecule has 0 atom stereocenters. The van der Waals surface area contributed by atoms with Crippen molar-refractivity contribution in [3.05, 3.63) is 45.7 Å². The van der Waals surface area contributed by atoms with Gasteiger partial charge in [0.05, 0.1) is 6.42 Å². The van der Waals surface area contributed by atoms with E-state index in [1.807, 2.05) is 0 Å². The van der Waals surface area contributed by atoms with Crippen LogP contribution in [0.5, 0.6) is 0 Å². The Morgan fingerprint density at radius 3 is 2.89 bits per heavy atom. The largest absolute Gasteiger partial charge is 0.477 e. The predicted octanol–water partition coefficient (Wildman–Crippen LogP) is 1.17. The van der Waals surface area contributed by atoms with E-state index in [2.05, 4.69) is 16.8 Å². The van der Waals surface area contributed by atoms with E-state index in [0.29, 0.717) is 17.4 Å². The van der Waals surface area contributed by atoms with Crippen molar-refractivity contribution in [2.24, 2.45) is 0 Å². The smallest absolute Gasteiger partial charge is 0.341 e. The Morgan fingerprint density at radius 1 is 1.42 bits per heavy atom. The quantitative estimate of drug-likeness (QED) is 0.622. The first-order chi connectivity index (χ1) is 9.13. The second-order valence-corrected chi connectivity index (χ2v) is 3.77. The third-order valence-electron chi connectivity index (χ3n) is 2.53. The Hall–Kier alpha value is -2.87. The highest BCUT2D eigenvalue weighted by Crippen LogP contribution is 2.10. The molecule has 19 heavy (non-hydrogen) atoms. The summed E-state index contributed by atoms with van der Waals surface area (Å²) in [5.74, 6) is 4.08. The molecule has 2 N–H and O–H groups in total. The Labute approximate surface area is 107 Å². The predicted molar refractivity (Wildman–Crippen MR) is 69.1 cm³/mol. The molecular formula is C14H9NO4. The van der Waals surface area contributed by atoms with Gasteiger partial charge in [0, 0.05) is 22.7 Å². The topological polar surface area (TPSA) is 87.2 Å². The summed E-state index contributed by atoms with van der Waals surface area (Å²) in [6, 6.07) is 4.85. The van der Waals surface area contributed by atoms with Gasteiger partial charge < -0.3 is 14.9 Å². The first kappa shape index (κ1) is 12.6. The van der Waals surface area contributed by atoms with Crippen LogP contribution in [0.2, 0.25) is 0 Å². The lowest BCUT2D eigenvalue weighted by atomic mass is 10.1. The van der Waals surface area contributed by atoms with E-state index in [-0.39, 0.29) is 17.4 Å². The van der Waals surface area contributed by atoms with Crippen LogP contribution in [0.4, 0.5) is 0 Å². The van der Waals surface area contributed by atoms with Gasteiger partial charge in [-0.05, 0) is 18.2 Å². The molecule has 0 aliphatic heterocycles. The molecule has 1 aromatic heterocycles. The average molecular weight is 255 g/mol. The number of aromatic nitrogens is 1. The lowest BCUT2D eigenvalue weighted by Gasteiger charge is -2.00. The van der Waals surface area contributed by atoms with Crippen LogP contribution >= 0.6 is 0 Å². The summed E-state index contributed by atoms with van der Waals surface area (Å²) in [5.41, 5.74) is 0.226. The number of pyridine rings is 1. The maximum Gasteiger partial charge on any atom is 0.341 e. The van der Waals surface area contributed by atoms with Gasteiger partial charge in [-0.15, -0.1) is 0 Å². The van der Waals surface area contributed by atoms with Gasteiger partial charge in [-0.25, -0.2) is 4.79 Å². The summed E-state index contributed by atoms with van der Waals surface area (Å²) in [5, 5.41) is 9.14. The standard InChI is InChI=1S/C14H9NO4/c16-6-2-1-3-9-4-5-12-10(7-9)13(17)11(8-15-12)14(18)19/h4-8H,2H2,(H,15,17)(H,18,19). The van der Waals surface area contributed by atoms with Crippen LogP contribution in [0.25, 0.3) is 10.9 Å². The van der Waals surface area contributed by atoms with Crippen LogP contribution in [0.1, 0.15) is 22.3 Å². The normalized spacial score (nSPS) is 9.68. The molecular weight excluding hydrogens is 246 g/mol. The number of carbonyl (C=O) groups excluding carboxylic acids is 1. The van der Waals surface area contributed by atoms with Crippen LogP contribution in [0.15, 0.2) is 29.2 Å². The summed E-state index contributed by atoms with van der Waals surface area (Å²) in [7, 11) is 0. The molecule has 0 aliphatic carbocycles. The molecule has 0 fully saturated rings. The molecule has 0 spiro atoms. The number of nitrogens with one attached hydrogen (secondary N) is 1. The monoisotopic (exact) mass is 255 g/mol. The number of benzene rings is 1. The molecule has 94 valence electrons. The molecule has 0 radical (unpaired) electrons. The number of carboxylic acids is 1. The lowest BCUT2D eigenvalue weighted by Crippen LogP contribution is -2.15. The Kier molecular flexibility index (Phi) is 3.44. The van der Waals surface area contributed by atoms with Crippen molar-refractivity contribution in [3.8, 4) is 11.8 Å². The molecule has 2 rings (SSSR count). The number of hydrogen-bond donors (Lipinski definition) is 2. The first-order valence-corrected chi connectivity index (χ1v) is 5.44. The maximum absolute atomic E-state index is 11.9. The molecule has 1 aromatic carbocycles. The minimum absolute atomic E-state index is 0.115. The van der Waals surface area contributed by atoms with Gasteiger partial charge in [-0.2, -0.15) is 0 Å². The molecule has 5 nitrogen and oxygen atoms in total. The van der Waals surface area contributed by atoms with E-state index in [1.54, 1.807) is 12.1 Å². The van der Waals surface area contributed by atoms with Crippen molar-refractivity contribution >= 4 is 23.2 Å². The molecule has 1 heterocycles. The number of aromatic carboxylic acids is 1. The number of rotatable bonds is 2. The van der Waals surface area contributed by atoms with E-state index in [1.165, 1.54) is 12.3 Å². The molecule has 5 heteroatoms. The van der Waals surface area contributed by atoms with Crippen LogP contribution in [0, 0.1) is 11.8 Å². The minimum atomic E-state index is -1.28. The Morgan fingerprint density at radius 2 is 2.21 bits per heavy atom. The summed E-state index contributed by atoms with van der Waals surface area (Å²) in [4.78, 5) is 35.7. The summed E-state index contributed by atoms with van der Waals surface area (Å²) in [6.07, 6.45) is 1.97. The number of hydrogen-bond acceptors (Lipinski definition) is 3. The van der Waals surface area contributed by atoms with Crippen molar-refractivity contribution in [2.45, 2.75) is 6.42 Å². The summed E-state index contributed by atoms with van der Waals surface area (Å²) >= 11 is 0. The third-order valence-corrected chi connectivity index (χ3v) is 2.53. The van der Waals surface area contributed by atoms with E-state index in [0.717, 1.165) is 0 Å². The van der Waals surface area contributed by atoms with Gasteiger partial charge in [0.1, 0.15) is 11.8 Å². The summed E-state index contributed by atoms with van der Waals surface area (Å²) in [6.45, 7) is 0. The highest BCUT2D eigenvalue weighted by atomic mass is 16.4. The van der Waals surface area contributed by atoms with Crippen molar-refractivity contribution in [2.75, 3.05) is 0 Å². The highest BCUT2D eigenvalue weighted by Gasteiger charge is 2.11. The lowest BCUT2D eigenvalue weighted by molar-refractivity contribution is -0.107. The molecule has 0 unspecified atom stereocenters. The van der Waals surface area contributed by atoms with Crippen LogP contribution in [0.3, 0.4) is 0 Å². The average Bonchev–Trinajstić information content (AvgIpc) is 2.39. The third kappa shape index (κ3) is 2.53. The molecule has 0 aliphatic rings. The van der Waals surface area contributed by atoms with Gasteiger partial charge >= 0.3 is 5.97 Å². The van der Waals surface area contributed by atoms with Gasteiger partial charge in [-0.1, -0.05) is 11.8 Å². The fourth-order valence-corrected chi connectivity index (χ4v) is 1.65. The molecule has 0 saturated heterocycles. The van der Waals surface area contributed by atoms with Crippen LogP contribution in [-0.4, -0.2) is 22.3 Å². The van der Waals surface area contributed by atoms with E-state index in [9.17, 15) is 14.4 Å². The molecule has 0 bridgehead atoms. The Balaban J connectivity index is 2.61. The number of aromatic amines is 1. The molecule has 2 aromatic rings. The first-order valence-electron chi connectivity index (χ1n) is 5.44. The summed E-state index contributed by atoms with van der Waals surface area (Å²) < 4.78 is 0. The van der Waals surface area contributed by atoms with Crippen LogP contribution < -0.4 is 5.43 Å².